The van der Waals surface area contributed by atoms with E-state index < -0.39 is 0 Å². The van der Waals surface area contributed by atoms with Crippen LogP contribution >= 0.6 is 0 Å². The normalized spacial score (nSPS) is 13.7. The number of nitrogens with zero attached hydrogens (tertiary/aromatic N) is 2. The third-order valence-electron chi connectivity index (χ3n) is 4.66. The maximum atomic E-state index is 13.7. The van der Waals surface area contributed by atoms with E-state index in [0.29, 0.717) is 37.2 Å². The van der Waals surface area contributed by atoms with Crippen LogP contribution in [0.3, 0.4) is 0 Å². The summed E-state index contributed by atoms with van der Waals surface area (Å²) in [5.41, 5.74) is 1.27. The lowest BCUT2D eigenvalue weighted by molar-refractivity contribution is 0.0903. The van der Waals surface area contributed by atoms with Gasteiger partial charge in [0.2, 0.25) is 0 Å². The fourth-order valence-electron chi connectivity index (χ4n) is 3.39. The molecule has 0 fully saturated rings. The van der Waals surface area contributed by atoms with Crippen molar-refractivity contribution in [3.8, 4) is 0 Å². The first-order valence-corrected chi connectivity index (χ1v) is 9.70. The molecule has 2 N–H and O–H groups in total. The van der Waals surface area contributed by atoms with E-state index in [9.17, 15) is 14.0 Å². The van der Waals surface area contributed by atoms with E-state index >= 15 is 0 Å². The Bertz CT molecular complexity index is 883. The van der Waals surface area contributed by atoms with Gasteiger partial charge in [0, 0.05) is 18.6 Å². The molecule has 0 atom stereocenters. The molecule has 2 heterocycles. The van der Waals surface area contributed by atoms with Crippen LogP contribution in [0.5, 0.6) is 0 Å². The van der Waals surface area contributed by atoms with E-state index in [1.165, 1.54) is 6.07 Å². The predicted octanol–water partition coefficient (Wildman–Crippen LogP) is 2.86. The number of hydrogen-bond acceptors (Lipinski definition) is 3. The topological polar surface area (TPSA) is 76.0 Å². The summed E-state index contributed by atoms with van der Waals surface area (Å²) in [6.07, 6.45) is 3.02. The first kappa shape index (κ1) is 20.0. The molecule has 0 bridgehead atoms. The molecule has 3 rings (SSSR count). The van der Waals surface area contributed by atoms with Gasteiger partial charge >= 0.3 is 0 Å². The average Bonchev–Trinajstić information content (AvgIpc) is 3.02. The summed E-state index contributed by atoms with van der Waals surface area (Å²) in [5.74, 6) is -0.598. The Morgan fingerprint density at radius 2 is 1.93 bits per heavy atom. The van der Waals surface area contributed by atoms with Crippen LogP contribution in [0.15, 0.2) is 24.3 Å². The summed E-state index contributed by atoms with van der Waals surface area (Å²) in [6.45, 7) is 6.69. The van der Waals surface area contributed by atoms with Gasteiger partial charge in [0.05, 0.1) is 5.69 Å². The van der Waals surface area contributed by atoms with Gasteiger partial charge in [-0.2, -0.15) is 0 Å². The van der Waals surface area contributed by atoms with Crippen LogP contribution < -0.4 is 10.6 Å². The maximum Gasteiger partial charge on any atom is 0.287 e. The van der Waals surface area contributed by atoms with Crippen molar-refractivity contribution >= 4 is 11.8 Å². The minimum atomic E-state index is -0.389. The summed E-state index contributed by atoms with van der Waals surface area (Å²) in [7, 11) is 0. The highest BCUT2D eigenvalue weighted by Crippen LogP contribution is 2.21. The monoisotopic (exact) mass is 386 g/mol. The predicted molar refractivity (Wildman–Crippen MR) is 105 cm³/mol. The molecule has 150 valence electrons. The number of halogens is 1. The Hall–Kier alpha value is -2.70. The molecule has 28 heavy (non-hydrogen) atoms. The van der Waals surface area contributed by atoms with Gasteiger partial charge in [-0.25, -0.2) is 9.37 Å². The van der Waals surface area contributed by atoms with Crippen LogP contribution in [0.2, 0.25) is 0 Å². The maximum absolute atomic E-state index is 13.7. The Kier molecular flexibility index (Phi) is 5.82. The number of amides is 2. The fraction of sp³-hybridized carbons (Fsp3) is 0.476. The van der Waals surface area contributed by atoms with Crippen LogP contribution in [-0.2, 0) is 19.4 Å². The summed E-state index contributed by atoms with van der Waals surface area (Å²) >= 11 is 0. The molecular weight excluding hydrogens is 359 g/mol. The highest BCUT2D eigenvalue weighted by atomic mass is 19.1. The van der Waals surface area contributed by atoms with E-state index in [1.807, 2.05) is 25.3 Å². The van der Waals surface area contributed by atoms with Gasteiger partial charge < -0.3 is 15.2 Å². The summed E-state index contributed by atoms with van der Waals surface area (Å²) in [4.78, 5) is 29.7. The van der Waals surface area contributed by atoms with Gasteiger partial charge in [0.25, 0.3) is 11.8 Å². The van der Waals surface area contributed by atoms with E-state index in [4.69, 9.17) is 0 Å². The Morgan fingerprint density at radius 3 is 2.64 bits per heavy atom. The van der Waals surface area contributed by atoms with Crippen molar-refractivity contribution in [2.75, 3.05) is 6.54 Å². The van der Waals surface area contributed by atoms with E-state index in [-0.39, 0.29) is 29.0 Å². The van der Waals surface area contributed by atoms with Gasteiger partial charge in [-0.1, -0.05) is 18.2 Å². The second-order valence-corrected chi connectivity index (χ2v) is 8.14. The van der Waals surface area contributed by atoms with Crippen molar-refractivity contribution in [2.24, 2.45) is 0 Å². The molecule has 0 saturated heterocycles. The molecule has 0 radical (unpaired) electrons. The Balaban J connectivity index is 1.75. The van der Waals surface area contributed by atoms with Crippen LogP contribution in [0.1, 0.15) is 66.0 Å². The minimum Gasteiger partial charge on any atom is -0.350 e. The molecule has 0 saturated carbocycles. The Morgan fingerprint density at radius 1 is 1.18 bits per heavy atom. The van der Waals surface area contributed by atoms with Gasteiger partial charge in [-0.15, -0.1) is 0 Å². The molecular formula is C21H27FN4O2. The lowest BCUT2D eigenvalue weighted by atomic mass is 10.1. The number of benzene rings is 1. The number of aromatic nitrogens is 2. The number of carbonyl (C=O) groups excluding carboxylic acids is 2. The molecule has 1 aliphatic rings. The molecule has 1 aromatic carbocycles. The van der Waals surface area contributed by atoms with Crippen molar-refractivity contribution in [1.29, 1.82) is 0 Å². The second kappa shape index (κ2) is 8.12. The molecule has 7 heteroatoms. The zero-order valence-electron chi connectivity index (χ0n) is 16.6. The average molecular weight is 386 g/mol. The minimum absolute atomic E-state index is 0.277. The molecule has 1 aromatic heterocycles. The first-order chi connectivity index (χ1) is 13.3. The molecule has 1 aliphatic heterocycles. The summed E-state index contributed by atoms with van der Waals surface area (Å²) in [6, 6.07) is 6.52. The molecule has 0 aliphatic carbocycles. The second-order valence-electron chi connectivity index (χ2n) is 8.14. The third kappa shape index (κ3) is 4.58. The lowest BCUT2D eigenvalue weighted by Crippen LogP contribution is -2.42. The summed E-state index contributed by atoms with van der Waals surface area (Å²) in [5, 5.41) is 5.73. The van der Waals surface area contributed by atoms with Crippen molar-refractivity contribution < 1.29 is 14.0 Å². The van der Waals surface area contributed by atoms with Gasteiger partial charge in [0.1, 0.15) is 11.5 Å². The van der Waals surface area contributed by atoms with E-state index in [0.717, 1.165) is 18.5 Å². The van der Waals surface area contributed by atoms with Crippen molar-refractivity contribution in [3.05, 3.63) is 52.9 Å². The number of carbonyl (C=O) groups is 2. The molecule has 2 aromatic rings. The van der Waals surface area contributed by atoms with E-state index in [2.05, 4.69) is 15.6 Å². The zero-order chi connectivity index (χ0) is 20.3. The standard InChI is InChI=1S/C21H27FN4O2/c1-21(2,3)25-20(28)18-24-17(16-10-6-7-13-26(16)18)19(27)23-12-11-14-8-4-5-9-15(14)22/h4-5,8-9H,6-7,10-13H2,1-3H3,(H,23,27)(H,25,28). The molecule has 6 nitrogen and oxygen atoms in total. The van der Waals surface area contributed by atoms with E-state index in [1.54, 1.807) is 18.2 Å². The van der Waals surface area contributed by atoms with Crippen molar-refractivity contribution in [3.63, 3.8) is 0 Å². The number of nitrogens with one attached hydrogen (secondary N) is 2. The van der Waals surface area contributed by atoms with Crippen LogP contribution in [0.4, 0.5) is 4.39 Å². The SMILES string of the molecule is CC(C)(C)NC(=O)c1nc(C(=O)NCCc2ccccc2F)c2n1CCCC2. The van der Waals surface area contributed by atoms with Crippen LogP contribution in [0, 0.1) is 5.82 Å². The van der Waals surface area contributed by atoms with Gasteiger partial charge in [-0.05, 0) is 58.1 Å². The zero-order valence-corrected chi connectivity index (χ0v) is 16.6. The number of hydrogen-bond donors (Lipinski definition) is 2. The largest absolute Gasteiger partial charge is 0.350 e. The molecule has 2 amide bonds. The van der Waals surface area contributed by atoms with Gasteiger partial charge in [0.15, 0.2) is 5.82 Å². The lowest BCUT2D eigenvalue weighted by Gasteiger charge is -2.22. The number of imidazole rings is 1. The smallest absolute Gasteiger partial charge is 0.287 e. The molecule has 0 unspecified atom stereocenters. The fourth-order valence-corrected chi connectivity index (χ4v) is 3.39. The first-order valence-electron chi connectivity index (χ1n) is 9.70. The van der Waals surface area contributed by atoms with Crippen molar-refractivity contribution in [1.82, 2.24) is 20.2 Å². The third-order valence-corrected chi connectivity index (χ3v) is 4.66. The summed E-state index contributed by atoms with van der Waals surface area (Å²) < 4.78 is 15.6. The number of rotatable bonds is 5. The Labute approximate surface area is 164 Å². The highest BCUT2D eigenvalue weighted by Gasteiger charge is 2.28. The van der Waals surface area contributed by atoms with Crippen LogP contribution in [0.25, 0.3) is 0 Å². The number of fused-ring (bicyclic) bond motifs is 1. The van der Waals surface area contributed by atoms with Crippen LogP contribution in [-0.4, -0.2) is 33.4 Å². The highest BCUT2D eigenvalue weighted by molar-refractivity contribution is 5.97. The quantitative estimate of drug-likeness (QED) is 0.830. The van der Waals surface area contributed by atoms with Gasteiger partial charge in [-0.3, -0.25) is 9.59 Å². The molecule has 0 spiro atoms. The van der Waals surface area contributed by atoms with Crippen molar-refractivity contribution in [2.45, 2.75) is 58.5 Å².